The number of ether oxygens (including phenoxy) is 3. The summed E-state index contributed by atoms with van der Waals surface area (Å²) < 4.78 is 15.8. The summed E-state index contributed by atoms with van der Waals surface area (Å²) in [5.41, 5.74) is 1.45. The van der Waals surface area contributed by atoms with Crippen LogP contribution < -0.4 is 14.2 Å². The number of carbonyl (C=O) groups excluding carboxylic acids is 1. The lowest BCUT2D eigenvalue weighted by molar-refractivity contribution is 0.104. The van der Waals surface area contributed by atoms with E-state index in [9.17, 15) is 20.1 Å². The minimum absolute atomic E-state index is 0.165. The summed E-state index contributed by atoms with van der Waals surface area (Å²) in [7, 11) is 4.45. The van der Waals surface area contributed by atoms with Crippen LogP contribution in [-0.2, 0) is 6.42 Å². The number of methoxy groups -OCH3 is 3. The number of allylic oxidation sites excluding steroid dienone is 3. The third-order valence-electron chi connectivity index (χ3n) is 4.44. The molecule has 0 heterocycles. The lowest BCUT2D eigenvalue weighted by Crippen LogP contribution is -1.99. The first-order valence-corrected chi connectivity index (χ1v) is 9.16. The lowest BCUT2D eigenvalue weighted by atomic mass is 9.99. The third kappa shape index (κ3) is 4.86. The molecule has 0 aromatic heterocycles. The average molecular weight is 414 g/mol. The second kappa shape index (κ2) is 9.73. The van der Waals surface area contributed by atoms with E-state index in [-0.39, 0.29) is 23.3 Å². The molecule has 0 radical (unpaired) electrons. The molecule has 7 nitrogen and oxygen atoms in total. The van der Waals surface area contributed by atoms with Gasteiger partial charge in [0.15, 0.2) is 17.3 Å². The largest absolute Gasteiger partial charge is 0.507 e. The molecule has 0 saturated heterocycles. The Labute approximate surface area is 175 Å². The van der Waals surface area contributed by atoms with Crippen LogP contribution in [0.1, 0.15) is 35.3 Å². The van der Waals surface area contributed by atoms with E-state index in [0.717, 1.165) is 11.6 Å². The molecule has 0 saturated carbocycles. The molecule has 0 unspecified atom stereocenters. The Kier molecular flexibility index (Phi) is 7.36. The van der Waals surface area contributed by atoms with Gasteiger partial charge in [-0.1, -0.05) is 17.7 Å². The summed E-state index contributed by atoms with van der Waals surface area (Å²) in [6.45, 7) is 3.75. The van der Waals surface area contributed by atoms with Crippen molar-refractivity contribution < 1.29 is 34.3 Å². The molecule has 160 valence electrons. The van der Waals surface area contributed by atoms with Gasteiger partial charge in [-0.3, -0.25) is 4.79 Å². The van der Waals surface area contributed by atoms with Crippen LogP contribution in [-0.4, -0.2) is 42.4 Å². The Morgan fingerprint density at radius 2 is 1.53 bits per heavy atom. The van der Waals surface area contributed by atoms with Gasteiger partial charge >= 0.3 is 0 Å². The number of phenolic OH excluding ortho intramolecular Hbond substituents is 3. The van der Waals surface area contributed by atoms with Gasteiger partial charge in [-0.05, 0) is 44.0 Å². The average Bonchev–Trinajstić information content (AvgIpc) is 2.70. The zero-order chi connectivity index (χ0) is 22.4. The van der Waals surface area contributed by atoms with Crippen LogP contribution in [0.5, 0.6) is 34.5 Å². The maximum Gasteiger partial charge on any atom is 0.203 e. The van der Waals surface area contributed by atoms with E-state index in [2.05, 4.69) is 0 Å². The van der Waals surface area contributed by atoms with Gasteiger partial charge in [0.05, 0.1) is 21.3 Å². The second-order valence-corrected chi connectivity index (χ2v) is 6.76. The monoisotopic (exact) mass is 414 g/mol. The van der Waals surface area contributed by atoms with E-state index in [1.54, 1.807) is 18.2 Å². The second-order valence-electron chi connectivity index (χ2n) is 6.76. The molecule has 2 rings (SSSR count). The molecule has 2 aromatic rings. The van der Waals surface area contributed by atoms with Crippen LogP contribution in [0.4, 0.5) is 0 Å². The van der Waals surface area contributed by atoms with Crippen LogP contribution >= 0.6 is 0 Å². The Hall–Kier alpha value is -3.61. The summed E-state index contributed by atoms with van der Waals surface area (Å²) in [6, 6.07) is 4.36. The van der Waals surface area contributed by atoms with Gasteiger partial charge in [0, 0.05) is 11.6 Å². The quantitative estimate of drug-likeness (QED) is 0.337. The highest BCUT2D eigenvalue weighted by molar-refractivity contribution is 6.11. The van der Waals surface area contributed by atoms with Crippen molar-refractivity contribution in [2.75, 3.05) is 21.3 Å². The number of hydrogen-bond acceptors (Lipinski definition) is 7. The smallest absolute Gasteiger partial charge is 0.203 e. The molecule has 0 aliphatic heterocycles. The molecule has 0 atom stereocenters. The van der Waals surface area contributed by atoms with E-state index in [1.165, 1.54) is 33.5 Å². The number of aromatic hydroxyl groups is 3. The van der Waals surface area contributed by atoms with Crippen LogP contribution in [0.15, 0.2) is 35.9 Å². The number of ketones is 1. The summed E-state index contributed by atoms with van der Waals surface area (Å²) in [5, 5.41) is 30.7. The summed E-state index contributed by atoms with van der Waals surface area (Å²) in [6.07, 6.45) is 4.72. The molecule has 0 aliphatic rings. The van der Waals surface area contributed by atoms with Gasteiger partial charge in [0.1, 0.15) is 22.8 Å². The van der Waals surface area contributed by atoms with Crippen molar-refractivity contribution >= 4 is 11.9 Å². The minimum Gasteiger partial charge on any atom is -0.507 e. The summed E-state index contributed by atoms with van der Waals surface area (Å²) in [5.74, 6) is -0.618. The number of rotatable bonds is 8. The van der Waals surface area contributed by atoms with E-state index >= 15 is 0 Å². The Morgan fingerprint density at radius 3 is 2.03 bits per heavy atom. The van der Waals surface area contributed by atoms with Crippen molar-refractivity contribution in [1.29, 1.82) is 0 Å². The highest BCUT2D eigenvalue weighted by Gasteiger charge is 2.21. The van der Waals surface area contributed by atoms with Crippen LogP contribution in [0, 0.1) is 0 Å². The van der Waals surface area contributed by atoms with E-state index in [0.29, 0.717) is 22.8 Å². The van der Waals surface area contributed by atoms with Crippen LogP contribution in [0.3, 0.4) is 0 Å². The Morgan fingerprint density at radius 1 is 0.933 bits per heavy atom. The van der Waals surface area contributed by atoms with Crippen molar-refractivity contribution in [3.63, 3.8) is 0 Å². The van der Waals surface area contributed by atoms with Gasteiger partial charge in [-0.25, -0.2) is 0 Å². The highest BCUT2D eigenvalue weighted by atomic mass is 16.5. The molecule has 3 N–H and O–H groups in total. The van der Waals surface area contributed by atoms with Crippen molar-refractivity contribution in [2.24, 2.45) is 0 Å². The molecule has 7 heteroatoms. The van der Waals surface area contributed by atoms with Gasteiger partial charge in [0.2, 0.25) is 5.75 Å². The van der Waals surface area contributed by atoms with Gasteiger partial charge in [-0.15, -0.1) is 0 Å². The molecule has 0 spiro atoms. The molecular weight excluding hydrogens is 388 g/mol. The summed E-state index contributed by atoms with van der Waals surface area (Å²) >= 11 is 0. The topological polar surface area (TPSA) is 105 Å². The van der Waals surface area contributed by atoms with Gasteiger partial charge < -0.3 is 29.5 Å². The third-order valence-corrected chi connectivity index (χ3v) is 4.44. The Balaban J connectivity index is 2.44. The zero-order valence-electron chi connectivity index (χ0n) is 17.6. The van der Waals surface area contributed by atoms with Crippen molar-refractivity contribution in [3.05, 3.63) is 52.6 Å². The fourth-order valence-electron chi connectivity index (χ4n) is 2.89. The predicted octanol–water partition coefficient (Wildman–Crippen LogP) is 4.23. The van der Waals surface area contributed by atoms with Crippen LogP contribution in [0.2, 0.25) is 0 Å². The Bertz CT molecular complexity index is 974. The molecule has 0 amide bonds. The van der Waals surface area contributed by atoms with Gasteiger partial charge in [-0.2, -0.15) is 0 Å². The molecule has 0 bridgehead atoms. The predicted molar refractivity (Wildman–Crippen MR) is 114 cm³/mol. The van der Waals surface area contributed by atoms with Crippen LogP contribution in [0.25, 0.3) is 6.08 Å². The number of carbonyl (C=O) groups is 1. The molecular formula is C23H26O7. The minimum atomic E-state index is -0.628. The van der Waals surface area contributed by atoms with E-state index in [1.807, 2.05) is 13.8 Å². The van der Waals surface area contributed by atoms with E-state index < -0.39 is 17.3 Å². The summed E-state index contributed by atoms with van der Waals surface area (Å²) in [4.78, 5) is 12.7. The lowest BCUT2D eigenvalue weighted by Gasteiger charge is -2.13. The normalized spacial score (nSPS) is 10.7. The maximum absolute atomic E-state index is 12.7. The first-order chi connectivity index (χ1) is 14.2. The maximum atomic E-state index is 12.7. The number of hydrogen-bond donors (Lipinski definition) is 3. The van der Waals surface area contributed by atoms with Crippen molar-refractivity contribution in [3.8, 4) is 34.5 Å². The molecule has 0 fully saturated rings. The van der Waals surface area contributed by atoms with E-state index in [4.69, 9.17) is 14.2 Å². The first-order valence-electron chi connectivity index (χ1n) is 9.16. The number of phenols is 3. The zero-order valence-corrected chi connectivity index (χ0v) is 17.6. The molecule has 0 aliphatic carbocycles. The standard InChI is InChI=1S/C23H26O7/c1-13(2)6-8-15-17(25)12-18(26)21(22(15)27)16(24)9-7-14-10-19(28-3)23(30-5)20(11-14)29-4/h6-7,9-12,25-27H,8H2,1-5H3/b9-7+. The molecule has 30 heavy (non-hydrogen) atoms. The first kappa shape index (κ1) is 22.7. The molecule has 2 aromatic carbocycles. The number of benzene rings is 2. The SMILES string of the molecule is COc1cc(/C=C/C(=O)c2c(O)cc(O)c(CC=C(C)C)c2O)cc(OC)c1OC. The fourth-order valence-corrected chi connectivity index (χ4v) is 2.89. The highest BCUT2D eigenvalue weighted by Crippen LogP contribution is 2.40. The van der Waals surface area contributed by atoms with Crippen molar-refractivity contribution in [1.82, 2.24) is 0 Å². The fraction of sp³-hybridized carbons (Fsp3) is 0.261. The van der Waals surface area contributed by atoms with Crippen molar-refractivity contribution in [2.45, 2.75) is 20.3 Å². The van der Waals surface area contributed by atoms with Gasteiger partial charge in [0.25, 0.3) is 0 Å².